The van der Waals surface area contributed by atoms with Gasteiger partial charge in [0.15, 0.2) is 11.9 Å². The third kappa shape index (κ3) is 4.90. The molecule has 0 radical (unpaired) electrons. The maximum absolute atomic E-state index is 12.3. The molecule has 0 fully saturated rings. The maximum atomic E-state index is 12.3. The summed E-state index contributed by atoms with van der Waals surface area (Å²) in [6, 6.07) is 3.68. The number of rotatable bonds is 8. The smallest absolute Gasteiger partial charge is 0.433 e. The summed E-state index contributed by atoms with van der Waals surface area (Å²) in [5.74, 6) is -1.75. The zero-order valence-electron chi connectivity index (χ0n) is 13.7. The molecule has 134 valence electrons. The van der Waals surface area contributed by atoms with Gasteiger partial charge in [-0.3, -0.25) is 14.9 Å². The number of carbonyl (C=O) groups excluding carboxylic acids is 2. The molecule has 2 aromatic rings. The lowest BCUT2D eigenvalue weighted by atomic mass is 10.1. The fourth-order valence-electron chi connectivity index (χ4n) is 1.99. The molecule has 0 saturated heterocycles. The van der Waals surface area contributed by atoms with Crippen molar-refractivity contribution in [2.24, 2.45) is 0 Å². The highest BCUT2D eigenvalue weighted by Gasteiger charge is 2.27. The van der Waals surface area contributed by atoms with Crippen LogP contribution in [0.1, 0.15) is 42.5 Å². The first-order chi connectivity index (χ1) is 11.9. The van der Waals surface area contributed by atoms with Crippen molar-refractivity contribution in [3.05, 3.63) is 39.8 Å². The second-order valence-electron chi connectivity index (χ2n) is 5.24. The van der Waals surface area contributed by atoms with Crippen molar-refractivity contribution >= 4 is 23.6 Å². The Bertz CT molecular complexity index is 765. The summed E-state index contributed by atoms with van der Waals surface area (Å²) in [5, 5.41) is 16.7. The van der Waals surface area contributed by atoms with Gasteiger partial charge in [0.05, 0.1) is 6.07 Å². The monoisotopic (exact) mass is 351 g/mol. The van der Waals surface area contributed by atoms with Gasteiger partial charge >= 0.3 is 11.9 Å². The van der Waals surface area contributed by atoms with Crippen LogP contribution in [-0.4, -0.2) is 28.1 Å². The van der Waals surface area contributed by atoms with Gasteiger partial charge in [-0.15, -0.1) is 0 Å². The zero-order valence-corrected chi connectivity index (χ0v) is 13.7. The van der Waals surface area contributed by atoms with Crippen LogP contribution in [0.2, 0.25) is 0 Å². The summed E-state index contributed by atoms with van der Waals surface area (Å²) < 4.78 is 14.8. The Morgan fingerprint density at radius 1 is 1.44 bits per heavy atom. The van der Waals surface area contributed by atoms with Gasteiger partial charge in [0, 0.05) is 6.07 Å². The molecule has 0 aliphatic carbocycles. The average molecular weight is 351 g/mol. The third-order valence-electron chi connectivity index (χ3n) is 3.21. The van der Waals surface area contributed by atoms with Crippen LogP contribution in [0.25, 0.3) is 0 Å². The standard InChI is InChI=1S/C15H17N3O7/c1-3-4-5-10(14(19)16-12-8-9(2)25-17-12)24-15(20)11-6-7-13(23-11)18(21)22/h6-8,10H,3-5H2,1-2H3,(H,16,17,19). The molecule has 1 atom stereocenters. The number of ether oxygens (including phenoxy) is 1. The molecule has 2 rings (SSSR count). The van der Waals surface area contributed by atoms with Crippen LogP contribution in [0, 0.1) is 17.0 Å². The summed E-state index contributed by atoms with van der Waals surface area (Å²) in [7, 11) is 0. The molecular weight excluding hydrogens is 334 g/mol. The number of unbranched alkanes of at least 4 members (excludes halogenated alkanes) is 1. The number of furan rings is 1. The number of esters is 1. The molecule has 1 amide bonds. The number of anilines is 1. The van der Waals surface area contributed by atoms with Gasteiger partial charge in [0.25, 0.3) is 5.91 Å². The van der Waals surface area contributed by atoms with Gasteiger partial charge in [-0.1, -0.05) is 18.5 Å². The highest BCUT2D eigenvalue weighted by Crippen LogP contribution is 2.18. The highest BCUT2D eigenvalue weighted by molar-refractivity contribution is 5.96. The second-order valence-corrected chi connectivity index (χ2v) is 5.24. The van der Waals surface area contributed by atoms with E-state index in [1.807, 2.05) is 6.92 Å². The molecule has 1 N–H and O–H groups in total. The molecule has 2 heterocycles. The van der Waals surface area contributed by atoms with Crippen LogP contribution in [0.15, 0.2) is 27.1 Å². The molecule has 0 aliphatic rings. The van der Waals surface area contributed by atoms with Crippen LogP contribution in [0.4, 0.5) is 11.7 Å². The van der Waals surface area contributed by atoms with E-state index in [2.05, 4.69) is 10.5 Å². The molecule has 1 unspecified atom stereocenters. The minimum atomic E-state index is -1.09. The number of aryl methyl sites for hydroxylation is 1. The van der Waals surface area contributed by atoms with Crippen molar-refractivity contribution in [2.75, 3.05) is 5.32 Å². The van der Waals surface area contributed by atoms with Crippen molar-refractivity contribution in [1.82, 2.24) is 5.16 Å². The lowest BCUT2D eigenvalue weighted by Gasteiger charge is -2.15. The minimum absolute atomic E-state index is 0.202. The summed E-state index contributed by atoms with van der Waals surface area (Å²) in [5.41, 5.74) is 0. The van der Waals surface area contributed by atoms with E-state index >= 15 is 0 Å². The number of hydrogen-bond donors (Lipinski definition) is 1. The molecule has 0 aromatic carbocycles. The van der Waals surface area contributed by atoms with Crippen molar-refractivity contribution in [3.63, 3.8) is 0 Å². The largest absolute Gasteiger partial charge is 0.446 e. The molecular formula is C15H17N3O7. The Kier molecular flexibility index (Phi) is 5.88. The molecule has 25 heavy (non-hydrogen) atoms. The molecule has 10 nitrogen and oxygen atoms in total. The van der Waals surface area contributed by atoms with Gasteiger partial charge in [0.1, 0.15) is 10.7 Å². The van der Waals surface area contributed by atoms with Crippen molar-refractivity contribution in [3.8, 4) is 0 Å². The predicted octanol–water partition coefficient (Wildman–Crippen LogP) is 2.84. The van der Waals surface area contributed by atoms with E-state index in [9.17, 15) is 19.7 Å². The van der Waals surface area contributed by atoms with E-state index in [0.717, 1.165) is 18.6 Å². The van der Waals surface area contributed by atoms with E-state index < -0.39 is 28.8 Å². The van der Waals surface area contributed by atoms with Crippen LogP contribution < -0.4 is 5.32 Å². The molecule has 2 aromatic heterocycles. The number of aromatic nitrogens is 1. The maximum Gasteiger partial charge on any atom is 0.433 e. The molecule has 0 bridgehead atoms. The Morgan fingerprint density at radius 2 is 2.20 bits per heavy atom. The van der Waals surface area contributed by atoms with Gasteiger partial charge in [-0.05, 0) is 25.8 Å². The summed E-state index contributed by atoms with van der Waals surface area (Å²) >= 11 is 0. The summed E-state index contributed by atoms with van der Waals surface area (Å²) in [6.45, 7) is 3.59. The van der Waals surface area contributed by atoms with Crippen LogP contribution in [-0.2, 0) is 9.53 Å². The first-order valence-corrected chi connectivity index (χ1v) is 7.60. The van der Waals surface area contributed by atoms with Crippen LogP contribution in [0.3, 0.4) is 0 Å². The van der Waals surface area contributed by atoms with E-state index in [0.29, 0.717) is 12.2 Å². The molecule has 10 heteroatoms. The van der Waals surface area contributed by atoms with Crippen molar-refractivity contribution in [1.29, 1.82) is 0 Å². The number of nitrogens with zero attached hydrogens (tertiary/aromatic N) is 2. The fourth-order valence-corrected chi connectivity index (χ4v) is 1.99. The van der Waals surface area contributed by atoms with E-state index in [4.69, 9.17) is 13.7 Å². The predicted molar refractivity (Wildman–Crippen MR) is 84.0 cm³/mol. The Hall–Kier alpha value is -3.17. The topological polar surface area (TPSA) is 138 Å². The molecule has 0 spiro atoms. The Labute approximate surface area is 142 Å². The number of nitrogens with one attached hydrogen (secondary N) is 1. The lowest BCUT2D eigenvalue weighted by Crippen LogP contribution is -2.32. The summed E-state index contributed by atoms with van der Waals surface area (Å²) in [4.78, 5) is 34.2. The number of amides is 1. The van der Waals surface area contributed by atoms with E-state index in [1.54, 1.807) is 6.92 Å². The van der Waals surface area contributed by atoms with Gasteiger partial charge < -0.3 is 19.0 Å². The first-order valence-electron chi connectivity index (χ1n) is 7.60. The first kappa shape index (κ1) is 18.2. The summed E-state index contributed by atoms with van der Waals surface area (Å²) in [6.07, 6.45) is 0.625. The zero-order chi connectivity index (χ0) is 18.4. The SMILES string of the molecule is CCCCC(OC(=O)c1ccc([N+](=O)[O-])o1)C(=O)Nc1cc(C)on1. The number of nitro groups is 1. The van der Waals surface area contributed by atoms with Gasteiger partial charge in [-0.25, -0.2) is 4.79 Å². The van der Waals surface area contributed by atoms with E-state index in [1.165, 1.54) is 6.07 Å². The van der Waals surface area contributed by atoms with Gasteiger partial charge in [-0.2, -0.15) is 0 Å². The highest BCUT2D eigenvalue weighted by atomic mass is 16.7. The second kappa shape index (κ2) is 8.08. The number of hydrogen-bond acceptors (Lipinski definition) is 8. The fraction of sp³-hybridized carbons (Fsp3) is 0.400. The van der Waals surface area contributed by atoms with Crippen LogP contribution >= 0.6 is 0 Å². The normalized spacial score (nSPS) is 11.8. The quantitative estimate of drug-likeness (QED) is 0.435. The lowest BCUT2D eigenvalue weighted by molar-refractivity contribution is -0.402. The minimum Gasteiger partial charge on any atom is -0.446 e. The Morgan fingerprint density at radius 3 is 2.76 bits per heavy atom. The molecule has 0 aliphatic heterocycles. The molecule has 0 saturated carbocycles. The van der Waals surface area contributed by atoms with Gasteiger partial charge in [0.2, 0.25) is 5.76 Å². The average Bonchev–Trinajstić information content (AvgIpc) is 3.20. The van der Waals surface area contributed by atoms with E-state index in [-0.39, 0.29) is 18.0 Å². The van der Waals surface area contributed by atoms with Crippen LogP contribution in [0.5, 0.6) is 0 Å². The Balaban J connectivity index is 2.06. The van der Waals surface area contributed by atoms with Crippen molar-refractivity contribution < 1.29 is 28.2 Å². The number of carbonyl (C=O) groups is 2. The third-order valence-corrected chi connectivity index (χ3v) is 3.21. The van der Waals surface area contributed by atoms with Crippen molar-refractivity contribution in [2.45, 2.75) is 39.2 Å².